The SMILES string of the molecule is O=C(O)[C@H](O)c1cccc([N+](=O)[O-])c1. The van der Waals surface area contributed by atoms with Crippen molar-refractivity contribution in [1.82, 2.24) is 0 Å². The van der Waals surface area contributed by atoms with E-state index in [1.54, 1.807) is 0 Å². The van der Waals surface area contributed by atoms with Crippen molar-refractivity contribution in [2.45, 2.75) is 6.10 Å². The number of nitro groups is 1. The standard InChI is InChI=1S/C8H7NO5/c10-7(8(11)12)5-2-1-3-6(4-5)9(13)14/h1-4,7,10H,(H,11,12)/t7-/m1/s1. The third-order valence-corrected chi connectivity index (χ3v) is 1.63. The monoisotopic (exact) mass is 197 g/mol. The van der Waals surface area contributed by atoms with E-state index in [-0.39, 0.29) is 11.3 Å². The van der Waals surface area contributed by atoms with E-state index < -0.39 is 17.0 Å². The normalized spacial score (nSPS) is 12.1. The fourth-order valence-corrected chi connectivity index (χ4v) is 0.951. The first kappa shape index (κ1) is 10.1. The van der Waals surface area contributed by atoms with E-state index in [1.807, 2.05) is 0 Å². The van der Waals surface area contributed by atoms with E-state index >= 15 is 0 Å². The molecule has 0 saturated heterocycles. The van der Waals surface area contributed by atoms with E-state index in [0.29, 0.717) is 0 Å². The van der Waals surface area contributed by atoms with Crippen LogP contribution >= 0.6 is 0 Å². The van der Waals surface area contributed by atoms with E-state index in [4.69, 9.17) is 10.2 Å². The second-order valence-corrected chi connectivity index (χ2v) is 2.59. The molecule has 0 amide bonds. The van der Waals surface area contributed by atoms with Crippen LogP contribution in [0.4, 0.5) is 5.69 Å². The smallest absolute Gasteiger partial charge is 0.337 e. The number of nitro benzene ring substituents is 1. The molecule has 0 fully saturated rings. The second-order valence-electron chi connectivity index (χ2n) is 2.59. The van der Waals surface area contributed by atoms with Crippen LogP contribution in [-0.2, 0) is 4.79 Å². The molecule has 14 heavy (non-hydrogen) atoms. The highest BCUT2D eigenvalue weighted by atomic mass is 16.6. The number of hydrogen-bond acceptors (Lipinski definition) is 4. The lowest BCUT2D eigenvalue weighted by Crippen LogP contribution is -2.10. The van der Waals surface area contributed by atoms with Gasteiger partial charge in [-0.1, -0.05) is 12.1 Å². The maximum atomic E-state index is 10.4. The quantitative estimate of drug-likeness (QED) is 0.549. The van der Waals surface area contributed by atoms with Crippen molar-refractivity contribution in [3.05, 3.63) is 39.9 Å². The second kappa shape index (κ2) is 3.84. The van der Waals surface area contributed by atoms with Gasteiger partial charge in [0.2, 0.25) is 0 Å². The third-order valence-electron chi connectivity index (χ3n) is 1.63. The predicted octanol–water partition coefficient (Wildman–Crippen LogP) is 0.713. The Labute approximate surface area is 78.6 Å². The first-order valence-electron chi connectivity index (χ1n) is 3.67. The number of carboxylic acid groups (broad SMARTS) is 1. The Bertz CT molecular complexity index is 376. The minimum atomic E-state index is -1.73. The summed E-state index contributed by atoms with van der Waals surface area (Å²) in [6.45, 7) is 0. The van der Waals surface area contributed by atoms with Gasteiger partial charge in [-0.3, -0.25) is 10.1 Å². The molecule has 6 nitrogen and oxygen atoms in total. The summed E-state index contributed by atoms with van der Waals surface area (Å²) in [5, 5.41) is 27.8. The number of hydrogen-bond donors (Lipinski definition) is 2. The fourth-order valence-electron chi connectivity index (χ4n) is 0.951. The Kier molecular flexibility index (Phi) is 2.78. The summed E-state index contributed by atoms with van der Waals surface area (Å²) in [7, 11) is 0. The molecule has 1 aromatic carbocycles. The lowest BCUT2D eigenvalue weighted by Gasteiger charge is -2.04. The number of aliphatic carboxylic acids is 1. The Hall–Kier alpha value is -1.95. The Morgan fingerprint density at radius 2 is 2.14 bits per heavy atom. The van der Waals surface area contributed by atoms with Gasteiger partial charge in [-0.25, -0.2) is 4.79 Å². The number of rotatable bonds is 3. The van der Waals surface area contributed by atoms with Crippen LogP contribution in [0.2, 0.25) is 0 Å². The van der Waals surface area contributed by atoms with Crippen LogP contribution in [0, 0.1) is 10.1 Å². The number of carbonyl (C=O) groups is 1. The zero-order valence-electron chi connectivity index (χ0n) is 6.95. The van der Waals surface area contributed by atoms with Gasteiger partial charge in [-0.05, 0) is 5.56 Å². The Morgan fingerprint density at radius 1 is 1.50 bits per heavy atom. The van der Waals surface area contributed by atoms with Crippen molar-refractivity contribution in [3.63, 3.8) is 0 Å². The van der Waals surface area contributed by atoms with Gasteiger partial charge in [-0.2, -0.15) is 0 Å². The van der Waals surface area contributed by atoms with Crippen LogP contribution < -0.4 is 0 Å². The van der Waals surface area contributed by atoms with E-state index in [2.05, 4.69) is 0 Å². The van der Waals surface area contributed by atoms with Gasteiger partial charge < -0.3 is 10.2 Å². The van der Waals surface area contributed by atoms with Gasteiger partial charge in [0, 0.05) is 12.1 Å². The van der Waals surface area contributed by atoms with Gasteiger partial charge in [0.15, 0.2) is 6.10 Å². The molecule has 74 valence electrons. The molecule has 1 aromatic rings. The topological polar surface area (TPSA) is 101 Å². The first-order chi connectivity index (χ1) is 6.52. The van der Waals surface area contributed by atoms with Crippen molar-refractivity contribution in [2.24, 2.45) is 0 Å². The molecule has 0 aliphatic rings. The zero-order valence-corrected chi connectivity index (χ0v) is 6.95. The third kappa shape index (κ3) is 2.05. The number of carboxylic acids is 1. The van der Waals surface area contributed by atoms with Gasteiger partial charge in [0.05, 0.1) is 4.92 Å². The lowest BCUT2D eigenvalue weighted by atomic mass is 10.1. The van der Waals surface area contributed by atoms with Crippen LogP contribution in [-0.4, -0.2) is 21.1 Å². The number of aliphatic hydroxyl groups excluding tert-OH is 1. The summed E-state index contributed by atoms with van der Waals surface area (Å²) in [5.41, 5.74) is -0.255. The van der Waals surface area contributed by atoms with Gasteiger partial charge in [0.25, 0.3) is 5.69 Å². The first-order valence-corrected chi connectivity index (χ1v) is 3.67. The summed E-state index contributed by atoms with van der Waals surface area (Å²) in [6, 6.07) is 4.88. The summed E-state index contributed by atoms with van der Waals surface area (Å²) in [5.74, 6) is -1.44. The number of non-ortho nitro benzene ring substituents is 1. The van der Waals surface area contributed by atoms with Crippen molar-refractivity contribution in [1.29, 1.82) is 0 Å². The average molecular weight is 197 g/mol. The highest BCUT2D eigenvalue weighted by Crippen LogP contribution is 2.18. The predicted molar refractivity (Wildman–Crippen MR) is 45.7 cm³/mol. The highest BCUT2D eigenvalue weighted by Gasteiger charge is 2.18. The van der Waals surface area contributed by atoms with Gasteiger partial charge >= 0.3 is 5.97 Å². The molecule has 0 aromatic heterocycles. The molecular weight excluding hydrogens is 190 g/mol. The average Bonchev–Trinajstić information content (AvgIpc) is 2.16. The zero-order chi connectivity index (χ0) is 10.7. The van der Waals surface area contributed by atoms with Crippen LogP contribution in [0.25, 0.3) is 0 Å². The van der Waals surface area contributed by atoms with Crippen molar-refractivity contribution in [3.8, 4) is 0 Å². The molecule has 0 aliphatic heterocycles. The molecule has 0 saturated carbocycles. The largest absolute Gasteiger partial charge is 0.479 e. The van der Waals surface area contributed by atoms with Crippen LogP contribution in [0.3, 0.4) is 0 Å². The Balaban J connectivity index is 3.05. The van der Waals surface area contributed by atoms with Gasteiger partial charge in [0.1, 0.15) is 0 Å². The van der Waals surface area contributed by atoms with Crippen LogP contribution in [0.5, 0.6) is 0 Å². The Morgan fingerprint density at radius 3 is 2.64 bits per heavy atom. The number of aliphatic hydroxyl groups is 1. The molecule has 0 spiro atoms. The summed E-state index contributed by atoms with van der Waals surface area (Å²) < 4.78 is 0. The fraction of sp³-hybridized carbons (Fsp3) is 0.125. The van der Waals surface area contributed by atoms with Crippen molar-refractivity contribution in [2.75, 3.05) is 0 Å². The molecule has 0 aliphatic carbocycles. The minimum absolute atomic E-state index is 0.00769. The molecule has 6 heteroatoms. The molecular formula is C8H7NO5. The maximum absolute atomic E-state index is 10.4. The summed E-state index contributed by atoms with van der Waals surface area (Å²) in [4.78, 5) is 20.0. The minimum Gasteiger partial charge on any atom is -0.479 e. The highest BCUT2D eigenvalue weighted by molar-refractivity contribution is 5.74. The molecule has 1 atom stereocenters. The van der Waals surface area contributed by atoms with Crippen LogP contribution in [0.15, 0.2) is 24.3 Å². The van der Waals surface area contributed by atoms with E-state index in [0.717, 1.165) is 6.07 Å². The van der Waals surface area contributed by atoms with Crippen molar-refractivity contribution >= 4 is 11.7 Å². The molecule has 0 unspecified atom stereocenters. The molecule has 0 heterocycles. The summed E-state index contributed by atoms with van der Waals surface area (Å²) in [6.07, 6.45) is -1.73. The number of benzene rings is 1. The number of nitrogens with zero attached hydrogens (tertiary/aromatic N) is 1. The molecule has 2 N–H and O–H groups in total. The molecule has 0 radical (unpaired) electrons. The summed E-state index contributed by atoms with van der Waals surface area (Å²) >= 11 is 0. The maximum Gasteiger partial charge on any atom is 0.337 e. The van der Waals surface area contributed by atoms with Crippen molar-refractivity contribution < 1.29 is 19.9 Å². The molecule has 1 rings (SSSR count). The molecule has 0 bridgehead atoms. The van der Waals surface area contributed by atoms with Crippen LogP contribution in [0.1, 0.15) is 11.7 Å². The van der Waals surface area contributed by atoms with Gasteiger partial charge in [-0.15, -0.1) is 0 Å². The van der Waals surface area contributed by atoms with E-state index in [1.165, 1.54) is 18.2 Å². The lowest BCUT2D eigenvalue weighted by molar-refractivity contribution is -0.385. The van der Waals surface area contributed by atoms with E-state index in [9.17, 15) is 14.9 Å².